The van der Waals surface area contributed by atoms with Crippen molar-refractivity contribution in [3.63, 3.8) is 0 Å². The van der Waals surface area contributed by atoms with Gasteiger partial charge in [0.25, 0.3) is 0 Å². The second-order valence-corrected chi connectivity index (χ2v) is 5.20. The first-order chi connectivity index (χ1) is 8.75. The van der Waals surface area contributed by atoms with Crippen LogP contribution in [-0.2, 0) is 19.3 Å². The Hall–Kier alpha value is -1.67. The number of hydrogen-bond donors (Lipinski definition) is 1. The lowest BCUT2D eigenvalue weighted by Gasteiger charge is -2.33. The minimum absolute atomic E-state index is 0.601. The van der Waals surface area contributed by atoms with E-state index in [1.165, 1.54) is 11.1 Å². The fourth-order valence-corrected chi connectivity index (χ4v) is 2.82. The molecule has 1 aliphatic rings. The smallest absolute Gasteiger partial charge is 0.0731 e. The maximum absolute atomic E-state index is 10.8. The van der Waals surface area contributed by atoms with Crippen LogP contribution in [0, 0.1) is 0 Å². The summed E-state index contributed by atoms with van der Waals surface area (Å²) in [5.74, 6) is 0. The zero-order valence-electron chi connectivity index (χ0n) is 10.3. The van der Waals surface area contributed by atoms with Crippen molar-refractivity contribution >= 4 is 0 Å². The quantitative estimate of drug-likeness (QED) is 0.873. The zero-order valence-corrected chi connectivity index (χ0v) is 10.3. The van der Waals surface area contributed by atoms with Gasteiger partial charge in [0.2, 0.25) is 0 Å². The third-order valence-electron chi connectivity index (χ3n) is 3.78. The molecular formula is C16H17NO. The van der Waals surface area contributed by atoms with Crippen LogP contribution in [0.5, 0.6) is 0 Å². The molecule has 2 aromatic rings. The highest BCUT2D eigenvalue weighted by atomic mass is 16.3. The summed E-state index contributed by atoms with van der Waals surface area (Å²) >= 11 is 0. The van der Waals surface area contributed by atoms with Gasteiger partial charge in [-0.1, -0.05) is 24.3 Å². The molecule has 1 aliphatic carbocycles. The fraction of sp³-hybridized carbons (Fsp3) is 0.312. The Morgan fingerprint density at radius 3 is 2.56 bits per heavy atom. The molecule has 0 radical (unpaired) electrons. The molecule has 1 atom stereocenters. The third-order valence-corrected chi connectivity index (χ3v) is 3.78. The van der Waals surface area contributed by atoms with E-state index in [-0.39, 0.29) is 0 Å². The summed E-state index contributed by atoms with van der Waals surface area (Å²) in [6, 6.07) is 12.4. The van der Waals surface area contributed by atoms with E-state index in [9.17, 15) is 5.11 Å². The Balaban J connectivity index is 1.82. The van der Waals surface area contributed by atoms with E-state index in [2.05, 4.69) is 29.2 Å². The number of nitrogens with zero attached hydrogens (tertiary/aromatic N) is 1. The first kappa shape index (κ1) is 11.4. The lowest BCUT2D eigenvalue weighted by Crippen LogP contribution is -2.38. The van der Waals surface area contributed by atoms with Crippen molar-refractivity contribution < 1.29 is 5.11 Å². The van der Waals surface area contributed by atoms with E-state index >= 15 is 0 Å². The van der Waals surface area contributed by atoms with Gasteiger partial charge in [0.05, 0.1) is 5.60 Å². The fourth-order valence-electron chi connectivity index (χ4n) is 2.82. The molecule has 1 unspecified atom stereocenters. The van der Waals surface area contributed by atoms with Gasteiger partial charge in [-0.25, -0.2) is 0 Å². The topological polar surface area (TPSA) is 33.1 Å². The first-order valence-corrected chi connectivity index (χ1v) is 6.43. The van der Waals surface area contributed by atoms with E-state index in [4.69, 9.17) is 0 Å². The summed E-state index contributed by atoms with van der Waals surface area (Å²) in [6.07, 6.45) is 6.85. The average molecular weight is 239 g/mol. The van der Waals surface area contributed by atoms with Crippen molar-refractivity contribution in [1.82, 2.24) is 4.98 Å². The lowest BCUT2D eigenvalue weighted by molar-refractivity contribution is 0.0267. The second kappa shape index (κ2) is 4.54. The summed E-state index contributed by atoms with van der Waals surface area (Å²) < 4.78 is 0. The molecule has 2 heteroatoms. The van der Waals surface area contributed by atoms with Gasteiger partial charge in [-0.3, -0.25) is 4.98 Å². The summed E-state index contributed by atoms with van der Waals surface area (Å²) in [4.78, 5) is 4.02. The van der Waals surface area contributed by atoms with E-state index in [0.29, 0.717) is 6.42 Å². The molecule has 1 aromatic carbocycles. The third kappa shape index (κ3) is 2.29. The minimum Gasteiger partial charge on any atom is -0.389 e. The number of aliphatic hydroxyl groups is 1. The number of rotatable bonds is 2. The Kier molecular flexibility index (Phi) is 2.88. The molecule has 18 heavy (non-hydrogen) atoms. The molecule has 1 heterocycles. The van der Waals surface area contributed by atoms with Gasteiger partial charge < -0.3 is 5.11 Å². The van der Waals surface area contributed by atoms with Crippen LogP contribution in [0.15, 0.2) is 48.8 Å². The van der Waals surface area contributed by atoms with Gasteiger partial charge >= 0.3 is 0 Å². The molecule has 1 N–H and O–H groups in total. The number of aryl methyl sites for hydroxylation is 1. The highest BCUT2D eigenvalue weighted by molar-refractivity contribution is 5.32. The molecule has 0 saturated heterocycles. The number of aromatic nitrogens is 1. The van der Waals surface area contributed by atoms with Crippen LogP contribution >= 0.6 is 0 Å². The predicted octanol–water partition coefficient (Wildman–Crippen LogP) is 2.54. The SMILES string of the molecule is OC1(Cc2ccncc2)CCc2ccccc2C1. The lowest BCUT2D eigenvalue weighted by atomic mass is 9.77. The number of benzene rings is 1. The van der Waals surface area contributed by atoms with Gasteiger partial charge in [-0.2, -0.15) is 0 Å². The highest BCUT2D eigenvalue weighted by Crippen LogP contribution is 2.31. The van der Waals surface area contributed by atoms with Crippen molar-refractivity contribution in [2.75, 3.05) is 0 Å². The Labute approximate surface area is 107 Å². The molecule has 0 spiro atoms. The van der Waals surface area contributed by atoms with E-state index < -0.39 is 5.60 Å². The maximum Gasteiger partial charge on any atom is 0.0731 e. The molecule has 3 rings (SSSR count). The monoisotopic (exact) mass is 239 g/mol. The van der Waals surface area contributed by atoms with E-state index in [0.717, 1.165) is 24.8 Å². The van der Waals surface area contributed by atoms with E-state index in [1.54, 1.807) is 12.4 Å². The molecular weight excluding hydrogens is 222 g/mol. The minimum atomic E-state index is -0.601. The molecule has 1 aromatic heterocycles. The van der Waals surface area contributed by atoms with Crippen LogP contribution < -0.4 is 0 Å². The van der Waals surface area contributed by atoms with Crippen molar-refractivity contribution in [3.05, 3.63) is 65.5 Å². The van der Waals surface area contributed by atoms with Crippen molar-refractivity contribution in [3.8, 4) is 0 Å². The number of fused-ring (bicyclic) bond motifs is 1. The summed E-state index contributed by atoms with van der Waals surface area (Å²) in [5, 5.41) is 10.8. The van der Waals surface area contributed by atoms with Gasteiger partial charge in [0.1, 0.15) is 0 Å². The van der Waals surface area contributed by atoms with Gasteiger partial charge in [0, 0.05) is 25.2 Å². The number of pyridine rings is 1. The molecule has 0 amide bonds. The largest absolute Gasteiger partial charge is 0.389 e. The maximum atomic E-state index is 10.8. The van der Waals surface area contributed by atoms with E-state index in [1.807, 2.05) is 12.1 Å². The highest BCUT2D eigenvalue weighted by Gasteiger charge is 2.31. The van der Waals surface area contributed by atoms with Crippen molar-refractivity contribution in [1.29, 1.82) is 0 Å². The Morgan fingerprint density at radius 1 is 1.06 bits per heavy atom. The van der Waals surface area contributed by atoms with Crippen LogP contribution in [0.25, 0.3) is 0 Å². The van der Waals surface area contributed by atoms with Gasteiger partial charge in [-0.15, -0.1) is 0 Å². The standard InChI is InChI=1S/C16H17NO/c18-16(11-13-6-9-17-10-7-13)8-5-14-3-1-2-4-15(14)12-16/h1-4,6-7,9-10,18H,5,8,11-12H2. The molecule has 2 nitrogen and oxygen atoms in total. The van der Waals surface area contributed by atoms with Crippen LogP contribution in [0.1, 0.15) is 23.1 Å². The Morgan fingerprint density at radius 2 is 1.78 bits per heavy atom. The van der Waals surface area contributed by atoms with Crippen LogP contribution in [-0.4, -0.2) is 15.7 Å². The number of hydrogen-bond acceptors (Lipinski definition) is 2. The molecule has 0 aliphatic heterocycles. The van der Waals surface area contributed by atoms with Gasteiger partial charge in [-0.05, 0) is 41.7 Å². The first-order valence-electron chi connectivity index (χ1n) is 6.43. The zero-order chi connectivity index (χ0) is 12.4. The van der Waals surface area contributed by atoms with Crippen molar-refractivity contribution in [2.24, 2.45) is 0 Å². The summed E-state index contributed by atoms with van der Waals surface area (Å²) in [7, 11) is 0. The van der Waals surface area contributed by atoms with Gasteiger partial charge in [0.15, 0.2) is 0 Å². The predicted molar refractivity (Wildman–Crippen MR) is 71.4 cm³/mol. The molecule has 0 fully saturated rings. The van der Waals surface area contributed by atoms with Crippen molar-refractivity contribution in [2.45, 2.75) is 31.3 Å². The van der Waals surface area contributed by atoms with Crippen LogP contribution in [0.3, 0.4) is 0 Å². The normalized spacial score (nSPS) is 22.5. The van der Waals surface area contributed by atoms with Crippen LogP contribution in [0.2, 0.25) is 0 Å². The summed E-state index contributed by atoms with van der Waals surface area (Å²) in [6.45, 7) is 0. The molecule has 0 bridgehead atoms. The molecule has 92 valence electrons. The molecule has 0 saturated carbocycles. The Bertz CT molecular complexity index is 538. The second-order valence-electron chi connectivity index (χ2n) is 5.20. The van der Waals surface area contributed by atoms with Crippen LogP contribution in [0.4, 0.5) is 0 Å². The summed E-state index contributed by atoms with van der Waals surface area (Å²) in [5.41, 5.74) is 3.24. The average Bonchev–Trinajstić information content (AvgIpc) is 2.39.